The van der Waals surface area contributed by atoms with Crippen molar-refractivity contribution < 1.29 is 23.8 Å². The number of carbonyl (C=O) groups is 2. The molecule has 0 bridgehead atoms. The van der Waals surface area contributed by atoms with Gasteiger partial charge >= 0.3 is 0 Å². The van der Waals surface area contributed by atoms with Crippen LogP contribution in [0.3, 0.4) is 0 Å². The first kappa shape index (κ1) is 23.9. The molecule has 2 heterocycles. The Morgan fingerprint density at radius 1 is 0.800 bits per heavy atom. The summed E-state index contributed by atoms with van der Waals surface area (Å²) in [6, 6.07) is 15.8. The van der Waals surface area contributed by atoms with Crippen molar-refractivity contribution in [2.45, 2.75) is 0 Å². The van der Waals surface area contributed by atoms with E-state index in [-0.39, 0.29) is 11.8 Å². The normalized spacial score (nSPS) is 13.2. The number of nitrogens with one attached hydrogen (secondary N) is 1. The van der Waals surface area contributed by atoms with Crippen molar-refractivity contribution in [1.82, 2.24) is 9.88 Å². The highest BCUT2D eigenvalue weighted by molar-refractivity contribution is 6.04. The summed E-state index contributed by atoms with van der Waals surface area (Å²) in [6.45, 7) is 2.42. The fraction of sp³-hybridized carbons (Fsp3) is 0.269. The molecule has 1 N–H and O–H groups in total. The molecule has 0 unspecified atom stereocenters. The molecule has 2 aromatic carbocycles. The molecule has 4 rings (SSSR count). The van der Waals surface area contributed by atoms with E-state index in [1.165, 1.54) is 0 Å². The Bertz CT molecular complexity index is 1170. The molecule has 182 valence electrons. The maximum atomic E-state index is 13.0. The van der Waals surface area contributed by atoms with E-state index < -0.39 is 0 Å². The summed E-state index contributed by atoms with van der Waals surface area (Å²) in [5.41, 5.74) is 1.63. The summed E-state index contributed by atoms with van der Waals surface area (Å²) in [6.07, 6.45) is 1.63. The van der Waals surface area contributed by atoms with Gasteiger partial charge in [-0.05, 0) is 42.5 Å². The van der Waals surface area contributed by atoms with Crippen molar-refractivity contribution >= 4 is 23.3 Å². The molecular formula is C26H28N4O5. The zero-order valence-electron chi connectivity index (χ0n) is 20.0. The van der Waals surface area contributed by atoms with Crippen molar-refractivity contribution in [3.05, 3.63) is 71.9 Å². The molecule has 1 aliphatic rings. The van der Waals surface area contributed by atoms with E-state index in [4.69, 9.17) is 14.2 Å². The van der Waals surface area contributed by atoms with Gasteiger partial charge < -0.3 is 29.3 Å². The van der Waals surface area contributed by atoms with Gasteiger partial charge in [0.25, 0.3) is 11.8 Å². The van der Waals surface area contributed by atoms with Crippen LogP contribution in [0.25, 0.3) is 0 Å². The quantitative estimate of drug-likeness (QED) is 0.559. The Balaban J connectivity index is 1.35. The predicted molar refractivity (Wildman–Crippen MR) is 133 cm³/mol. The van der Waals surface area contributed by atoms with Crippen molar-refractivity contribution in [2.24, 2.45) is 0 Å². The fourth-order valence-electron chi connectivity index (χ4n) is 3.87. The van der Waals surface area contributed by atoms with E-state index in [9.17, 15) is 9.59 Å². The van der Waals surface area contributed by atoms with Gasteiger partial charge in [-0.15, -0.1) is 0 Å². The van der Waals surface area contributed by atoms with Crippen molar-refractivity contribution in [3.63, 3.8) is 0 Å². The number of benzene rings is 2. The molecule has 1 fully saturated rings. The molecule has 9 heteroatoms. The third-order valence-electron chi connectivity index (χ3n) is 5.83. The number of methoxy groups -OCH3 is 3. The molecule has 3 aromatic rings. The fourth-order valence-corrected chi connectivity index (χ4v) is 3.87. The minimum absolute atomic E-state index is 0.0644. The maximum Gasteiger partial charge on any atom is 0.255 e. The highest BCUT2D eigenvalue weighted by Crippen LogP contribution is 2.24. The van der Waals surface area contributed by atoms with Crippen molar-refractivity contribution in [2.75, 3.05) is 57.7 Å². The average Bonchev–Trinajstić information content (AvgIpc) is 2.92. The highest BCUT2D eigenvalue weighted by Gasteiger charge is 2.24. The number of hydrogen-bond donors (Lipinski definition) is 1. The number of carbonyl (C=O) groups excluding carboxylic acids is 2. The summed E-state index contributed by atoms with van der Waals surface area (Å²) in [7, 11) is 4.68. The largest absolute Gasteiger partial charge is 0.497 e. The van der Waals surface area contributed by atoms with Crippen LogP contribution in [-0.4, -0.2) is 69.2 Å². The molecule has 1 aromatic heterocycles. The first-order valence-electron chi connectivity index (χ1n) is 11.2. The lowest BCUT2D eigenvalue weighted by atomic mass is 10.1. The van der Waals surface area contributed by atoms with E-state index in [1.807, 2.05) is 17.0 Å². The number of aromatic nitrogens is 1. The lowest BCUT2D eigenvalue weighted by Crippen LogP contribution is -2.49. The van der Waals surface area contributed by atoms with Gasteiger partial charge in [0.2, 0.25) is 0 Å². The van der Waals surface area contributed by atoms with Gasteiger partial charge in [-0.3, -0.25) is 9.59 Å². The number of pyridine rings is 1. The van der Waals surface area contributed by atoms with Gasteiger partial charge in [0.15, 0.2) is 0 Å². The second-order valence-corrected chi connectivity index (χ2v) is 7.97. The Morgan fingerprint density at radius 2 is 1.46 bits per heavy atom. The SMILES string of the molecule is COc1cccc(C(=O)Nc2ccc(N3CCN(C(=O)c4cc(OC)cc(OC)c4)CC3)nc2)c1. The van der Waals surface area contributed by atoms with E-state index in [0.29, 0.717) is 60.2 Å². The predicted octanol–water partition coefficient (Wildman–Crippen LogP) is 3.32. The Hall–Kier alpha value is -4.27. The van der Waals surface area contributed by atoms with Gasteiger partial charge in [0, 0.05) is 43.4 Å². The zero-order chi connectivity index (χ0) is 24.8. The highest BCUT2D eigenvalue weighted by atomic mass is 16.5. The molecule has 9 nitrogen and oxygen atoms in total. The van der Waals surface area contributed by atoms with Crippen molar-refractivity contribution in [3.8, 4) is 17.2 Å². The van der Waals surface area contributed by atoms with Crippen LogP contribution in [-0.2, 0) is 0 Å². The molecule has 0 radical (unpaired) electrons. The average molecular weight is 477 g/mol. The molecule has 0 atom stereocenters. The van der Waals surface area contributed by atoms with Crippen LogP contribution in [0.1, 0.15) is 20.7 Å². The minimum Gasteiger partial charge on any atom is -0.497 e. The Labute approximate surface area is 204 Å². The lowest BCUT2D eigenvalue weighted by Gasteiger charge is -2.35. The first-order chi connectivity index (χ1) is 17.0. The maximum absolute atomic E-state index is 13.0. The molecule has 1 saturated heterocycles. The molecule has 0 spiro atoms. The van der Waals surface area contributed by atoms with Gasteiger partial charge in [0.1, 0.15) is 23.1 Å². The van der Waals surface area contributed by atoms with Crippen LogP contribution in [0.15, 0.2) is 60.8 Å². The van der Waals surface area contributed by atoms with Gasteiger partial charge in [-0.2, -0.15) is 0 Å². The molecular weight excluding hydrogens is 448 g/mol. The summed E-state index contributed by atoms with van der Waals surface area (Å²) >= 11 is 0. The van der Waals surface area contributed by atoms with Gasteiger partial charge in [-0.25, -0.2) is 4.98 Å². The van der Waals surface area contributed by atoms with E-state index >= 15 is 0 Å². The van der Waals surface area contributed by atoms with Gasteiger partial charge in [0.05, 0.1) is 33.2 Å². The van der Waals surface area contributed by atoms with Crippen molar-refractivity contribution in [1.29, 1.82) is 0 Å². The second kappa shape index (κ2) is 10.8. The molecule has 0 saturated carbocycles. The third-order valence-corrected chi connectivity index (χ3v) is 5.83. The second-order valence-electron chi connectivity index (χ2n) is 7.97. The Morgan fingerprint density at radius 3 is 2.06 bits per heavy atom. The number of hydrogen-bond acceptors (Lipinski definition) is 7. The summed E-state index contributed by atoms with van der Waals surface area (Å²) in [4.78, 5) is 34.0. The van der Waals surface area contributed by atoms with E-state index in [1.54, 1.807) is 70.0 Å². The smallest absolute Gasteiger partial charge is 0.255 e. The Kier molecular flexibility index (Phi) is 7.35. The molecule has 1 aliphatic heterocycles. The number of nitrogens with zero attached hydrogens (tertiary/aromatic N) is 3. The number of anilines is 2. The zero-order valence-corrected chi connectivity index (χ0v) is 20.0. The summed E-state index contributed by atoms with van der Waals surface area (Å²) < 4.78 is 15.7. The molecule has 35 heavy (non-hydrogen) atoms. The summed E-state index contributed by atoms with van der Waals surface area (Å²) in [5.74, 6) is 2.27. The number of rotatable bonds is 7. The van der Waals surface area contributed by atoms with Crippen LogP contribution in [0.5, 0.6) is 17.2 Å². The van der Waals surface area contributed by atoms with Crippen LogP contribution in [0.2, 0.25) is 0 Å². The van der Waals surface area contributed by atoms with Crippen LogP contribution in [0, 0.1) is 0 Å². The topological polar surface area (TPSA) is 93.2 Å². The van der Waals surface area contributed by atoms with E-state index in [2.05, 4.69) is 15.2 Å². The van der Waals surface area contributed by atoms with Crippen LogP contribution in [0.4, 0.5) is 11.5 Å². The summed E-state index contributed by atoms with van der Waals surface area (Å²) in [5, 5.41) is 2.85. The van der Waals surface area contributed by atoms with Gasteiger partial charge in [-0.1, -0.05) is 6.07 Å². The van der Waals surface area contributed by atoms with Crippen LogP contribution >= 0.6 is 0 Å². The minimum atomic E-state index is -0.236. The number of ether oxygens (including phenoxy) is 3. The monoisotopic (exact) mass is 476 g/mol. The van der Waals surface area contributed by atoms with Crippen LogP contribution < -0.4 is 24.4 Å². The standard InChI is InChI=1S/C26H28N4O5/c1-33-21-6-4-5-18(13-21)25(31)28-20-7-8-24(27-17-20)29-9-11-30(12-10-29)26(32)19-14-22(34-2)16-23(15-19)35-3/h4-8,13-17H,9-12H2,1-3H3,(H,28,31). The molecule has 2 amide bonds. The first-order valence-corrected chi connectivity index (χ1v) is 11.2. The third kappa shape index (κ3) is 5.63. The number of amides is 2. The molecule has 0 aliphatic carbocycles. The van der Waals surface area contributed by atoms with E-state index in [0.717, 1.165) is 5.82 Å². The number of piperazine rings is 1. The lowest BCUT2D eigenvalue weighted by molar-refractivity contribution is 0.0745.